The van der Waals surface area contributed by atoms with Gasteiger partial charge >= 0.3 is 5.97 Å². The van der Waals surface area contributed by atoms with Crippen LogP contribution in [0.1, 0.15) is 45.6 Å². The SMILES string of the molecule is CCCOc1cc(OC)ccc1C(=O)N(C)Cc1cc(C(=O)O)c(C)o1. The third-order valence-corrected chi connectivity index (χ3v) is 3.82. The molecule has 1 aromatic carbocycles. The Morgan fingerprint density at radius 3 is 2.54 bits per heavy atom. The summed E-state index contributed by atoms with van der Waals surface area (Å²) in [6.07, 6.45) is 0.810. The minimum Gasteiger partial charge on any atom is -0.497 e. The second kappa shape index (κ2) is 8.42. The summed E-state index contributed by atoms with van der Waals surface area (Å²) in [4.78, 5) is 25.4. The highest BCUT2D eigenvalue weighted by molar-refractivity contribution is 5.97. The normalized spacial score (nSPS) is 10.5. The van der Waals surface area contributed by atoms with Crippen molar-refractivity contribution in [1.82, 2.24) is 4.90 Å². The van der Waals surface area contributed by atoms with E-state index in [2.05, 4.69) is 0 Å². The predicted molar refractivity (Wildman–Crippen MR) is 95.0 cm³/mol. The van der Waals surface area contributed by atoms with Crippen LogP contribution < -0.4 is 9.47 Å². The summed E-state index contributed by atoms with van der Waals surface area (Å²) in [5.74, 6) is 0.444. The first kappa shape index (κ1) is 19.4. The Balaban J connectivity index is 2.21. The Morgan fingerprint density at radius 1 is 1.23 bits per heavy atom. The molecule has 0 unspecified atom stereocenters. The van der Waals surface area contributed by atoms with E-state index in [9.17, 15) is 9.59 Å². The maximum absolute atomic E-state index is 12.8. The van der Waals surface area contributed by atoms with Crippen molar-refractivity contribution >= 4 is 11.9 Å². The number of carboxylic acid groups (broad SMARTS) is 1. The van der Waals surface area contributed by atoms with Crippen LogP contribution in [0.15, 0.2) is 28.7 Å². The van der Waals surface area contributed by atoms with Crippen LogP contribution in [0.2, 0.25) is 0 Å². The fraction of sp³-hybridized carbons (Fsp3) is 0.368. The molecule has 0 aliphatic carbocycles. The van der Waals surface area contributed by atoms with Crippen molar-refractivity contribution in [3.8, 4) is 11.5 Å². The number of aryl methyl sites for hydroxylation is 1. The molecule has 0 aliphatic rings. The molecule has 0 fully saturated rings. The van der Waals surface area contributed by atoms with Crippen LogP contribution in [0.4, 0.5) is 0 Å². The van der Waals surface area contributed by atoms with Gasteiger partial charge in [-0.05, 0) is 31.5 Å². The van der Waals surface area contributed by atoms with Gasteiger partial charge in [-0.1, -0.05) is 6.92 Å². The van der Waals surface area contributed by atoms with Gasteiger partial charge in [0.1, 0.15) is 28.6 Å². The number of methoxy groups -OCH3 is 1. The van der Waals surface area contributed by atoms with Crippen molar-refractivity contribution in [2.45, 2.75) is 26.8 Å². The topological polar surface area (TPSA) is 89.2 Å². The van der Waals surface area contributed by atoms with Crippen molar-refractivity contribution in [1.29, 1.82) is 0 Å². The Hall–Kier alpha value is -2.96. The van der Waals surface area contributed by atoms with Gasteiger partial charge in [0.2, 0.25) is 0 Å². The average Bonchev–Trinajstić information content (AvgIpc) is 2.99. The van der Waals surface area contributed by atoms with E-state index < -0.39 is 5.97 Å². The second-order valence-electron chi connectivity index (χ2n) is 5.86. The van der Waals surface area contributed by atoms with E-state index in [0.29, 0.717) is 35.2 Å². The molecule has 0 radical (unpaired) electrons. The molecule has 0 bridgehead atoms. The fourth-order valence-electron chi connectivity index (χ4n) is 2.48. The number of aromatic carboxylic acids is 1. The third kappa shape index (κ3) is 4.36. The number of rotatable bonds is 8. The van der Waals surface area contributed by atoms with Crippen molar-refractivity contribution in [3.63, 3.8) is 0 Å². The van der Waals surface area contributed by atoms with Gasteiger partial charge in [-0.2, -0.15) is 0 Å². The summed E-state index contributed by atoms with van der Waals surface area (Å²) in [6, 6.07) is 6.46. The molecule has 26 heavy (non-hydrogen) atoms. The minimum absolute atomic E-state index is 0.0947. The molecular weight excluding hydrogens is 338 g/mol. The molecule has 7 nitrogen and oxygen atoms in total. The molecule has 1 aromatic heterocycles. The van der Waals surface area contributed by atoms with Gasteiger partial charge < -0.3 is 23.9 Å². The molecule has 0 spiro atoms. The molecule has 140 valence electrons. The molecule has 0 aliphatic heterocycles. The molecule has 7 heteroatoms. The summed E-state index contributed by atoms with van der Waals surface area (Å²) in [5, 5.41) is 9.10. The molecule has 1 N–H and O–H groups in total. The Labute approximate surface area is 152 Å². The number of amides is 1. The monoisotopic (exact) mass is 361 g/mol. The minimum atomic E-state index is -1.06. The molecule has 0 saturated carbocycles. The Kier molecular flexibility index (Phi) is 6.27. The highest BCUT2D eigenvalue weighted by Crippen LogP contribution is 2.27. The smallest absolute Gasteiger partial charge is 0.339 e. The van der Waals surface area contributed by atoms with Crippen LogP contribution in [0, 0.1) is 6.92 Å². The number of carboxylic acids is 1. The molecule has 1 heterocycles. The van der Waals surface area contributed by atoms with Crippen LogP contribution in [-0.2, 0) is 6.54 Å². The number of carbonyl (C=O) groups excluding carboxylic acids is 1. The first-order chi connectivity index (χ1) is 12.4. The zero-order valence-electron chi connectivity index (χ0n) is 15.4. The van der Waals surface area contributed by atoms with Gasteiger partial charge in [-0.25, -0.2) is 4.79 Å². The zero-order chi connectivity index (χ0) is 19.3. The van der Waals surface area contributed by atoms with E-state index in [-0.39, 0.29) is 18.0 Å². The van der Waals surface area contributed by atoms with Gasteiger partial charge in [0.15, 0.2) is 0 Å². The van der Waals surface area contributed by atoms with E-state index in [1.807, 2.05) is 6.92 Å². The third-order valence-electron chi connectivity index (χ3n) is 3.82. The number of hydrogen-bond donors (Lipinski definition) is 1. The highest BCUT2D eigenvalue weighted by atomic mass is 16.5. The number of nitrogens with zero attached hydrogens (tertiary/aromatic N) is 1. The predicted octanol–water partition coefficient (Wildman–Crippen LogP) is 3.36. The maximum Gasteiger partial charge on any atom is 0.339 e. The lowest BCUT2D eigenvalue weighted by Gasteiger charge is -2.18. The lowest BCUT2D eigenvalue weighted by Crippen LogP contribution is -2.26. The summed E-state index contributed by atoms with van der Waals surface area (Å²) in [6.45, 7) is 4.19. The maximum atomic E-state index is 12.8. The number of carbonyl (C=O) groups is 2. The van der Waals surface area contributed by atoms with Gasteiger partial charge in [0, 0.05) is 13.1 Å². The van der Waals surface area contributed by atoms with E-state index >= 15 is 0 Å². The van der Waals surface area contributed by atoms with Crippen LogP contribution in [0.5, 0.6) is 11.5 Å². The van der Waals surface area contributed by atoms with E-state index in [1.54, 1.807) is 39.3 Å². The lowest BCUT2D eigenvalue weighted by atomic mass is 10.1. The van der Waals surface area contributed by atoms with Crippen molar-refractivity contribution in [3.05, 3.63) is 46.9 Å². The standard InChI is InChI=1S/C19H23NO6/c1-5-8-25-17-10-13(24-4)6-7-15(17)18(21)20(3)11-14-9-16(19(22)23)12(2)26-14/h6-7,9-10H,5,8,11H2,1-4H3,(H,22,23). The molecule has 2 rings (SSSR count). The van der Waals surface area contributed by atoms with E-state index in [4.69, 9.17) is 19.0 Å². The summed E-state index contributed by atoms with van der Waals surface area (Å²) >= 11 is 0. The largest absolute Gasteiger partial charge is 0.497 e. The van der Waals surface area contributed by atoms with Gasteiger partial charge in [0.05, 0.1) is 25.8 Å². The number of furan rings is 1. The molecule has 0 saturated heterocycles. The Bertz CT molecular complexity index is 795. The number of hydrogen-bond acceptors (Lipinski definition) is 5. The lowest BCUT2D eigenvalue weighted by molar-refractivity contribution is 0.0694. The van der Waals surface area contributed by atoms with Gasteiger partial charge in [0.25, 0.3) is 5.91 Å². The van der Waals surface area contributed by atoms with Crippen LogP contribution in [-0.4, -0.2) is 42.6 Å². The number of benzene rings is 1. The fourth-order valence-corrected chi connectivity index (χ4v) is 2.48. The molecule has 1 amide bonds. The average molecular weight is 361 g/mol. The zero-order valence-corrected chi connectivity index (χ0v) is 15.4. The second-order valence-corrected chi connectivity index (χ2v) is 5.86. The number of ether oxygens (including phenoxy) is 2. The first-order valence-electron chi connectivity index (χ1n) is 8.26. The van der Waals surface area contributed by atoms with Crippen molar-refractivity contribution < 1.29 is 28.6 Å². The molecule has 2 aromatic rings. The molecular formula is C19H23NO6. The van der Waals surface area contributed by atoms with Gasteiger partial charge in [-0.15, -0.1) is 0 Å². The Morgan fingerprint density at radius 2 is 1.96 bits per heavy atom. The highest BCUT2D eigenvalue weighted by Gasteiger charge is 2.21. The van der Waals surface area contributed by atoms with Crippen LogP contribution in [0.25, 0.3) is 0 Å². The summed E-state index contributed by atoms with van der Waals surface area (Å²) in [7, 11) is 3.17. The molecule has 0 atom stereocenters. The van der Waals surface area contributed by atoms with E-state index in [0.717, 1.165) is 6.42 Å². The van der Waals surface area contributed by atoms with Crippen LogP contribution >= 0.6 is 0 Å². The van der Waals surface area contributed by atoms with Crippen molar-refractivity contribution in [2.75, 3.05) is 20.8 Å². The van der Waals surface area contributed by atoms with Crippen molar-refractivity contribution in [2.24, 2.45) is 0 Å². The van der Waals surface area contributed by atoms with Crippen LogP contribution in [0.3, 0.4) is 0 Å². The first-order valence-corrected chi connectivity index (χ1v) is 8.26. The van der Waals surface area contributed by atoms with E-state index in [1.165, 1.54) is 11.0 Å². The van der Waals surface area contributed by atoms with Gasteiger partial charge in [-0.3, -0.25) is 4.79 Å². The quantitative estimate of drug-likeness (QED) is 0.775. The summed E-state index contributed by atoms with van der Waals surface area (Å²) < 4.78 is 16.3. The summed E-state index contributed by atoms with van der Waals surface area (Å²) in [5.41, 5.74) is 0.501.